The molecule has 1 rings (SSSR count). The zero-order chi connectivity index (χ0) is 13.8. The van der Waals surface area contributed by atoms with Gasteiger partial charge >= 0.3 is 5.97 Å². The number of aromatic nitrogens is 1. The average molecular weight is 272 g/mol. The first kappa shape index (κ1) is 15.0. The summed E-state index contributed by atoms with van der Waals surface area (Å²) in [6.45, 7) is 5.49. The van der Waals surface area contributed by atoms with Crippen molar-refractivity contribution in [2.75, 3.05) is 12.9 Å². The number of rotatable bonds is 6. The van der Waals surface area contributed by atoms with Crippen LogP contribution in [0.5, 0.6) is 0 Å². The maximum atomic E-state index is 11.4. The summed E-state index contributed by atoms with van der Waals surface area (Å²) >= 11 is 1.53. The predicted molar refractivity (Wildman–Crippen MR) is 70.5 cm³/mol. The maximum absolute atomic E-state index is 11.4. The molecule has 0 radical (unpaired) electrons. The van der Waals surface area contributed by atoms with E-state index in [0.29, 0.717) is 11.6 Å². The highest BCUT2D eigenvalue weighted by molar-refractivity contribution is 7.99. The lowest BCUT2D eigenvalue weighted by Gasteiger charge is -2.20. The molecule has 0 aromatic carbocycles. The van der Waals surface area contributed by atoms with Gasteiger partial charge in [0.15, 0.2) is 0 Å². The third-order valence-corrected chi connectivity index (χ3v) is 3.64. The number of hydrogen-bond donors (Lipinski definition) is 1. The molecule has 6 heteroatoms. The van der Waals surface area contributed by atoms with Crippen LogP contribution in [-0.4, -0.2) is 29.4 Å². The summed E-state index contributed by atoms with van der Waals surface area (Å²) in [7, 11) is 1.35. The number of methoxy groups -OCH3 is 1. The van der Waals surface area contributed by atoms with Crippen LogP contribution in [0.25, 0.3) is 0 Å². The first-order valence-electron chi connectivity index (χ1n) is 5.81. The Kier molecular flexibility index (Phi) is 5.22. The molecule has 102 valence electrons. The van der Waals surface area contributed by atoms with E-state index in [1.54, 1.807) is 6.92 Å². The van der Waals surface area contributed by atoms with E-state index in [4.69, 9.17) is 10.2 Å². The van der Waals surface area contributed by atoms with Crippen LogP contribution < -0.4 is 5.73 Å². The molecule has 5 nitrogen and oxygen atoms in total. The van der Waals surface area contributed by atoms with Crippen molar-refractivity contribution in [1.29, 1.82) is 0 Å². The van der Waals surface area contributed by atoms with E-state index in [-0.39, 0.29) is 5.97 Å². The predicted octanol–water partition coefficient (Wildman–Crippen LogP) is 2.05. The number of oxazole rings is 1. The minimum atomic E-state index is -0.919. The van der Waals surface area contributed by atoms with Crippen molar-refractivity contribution in [2.45, 2.75) is 44.4 Å². The fourth-order valence-corrected chi connectivity index (χ4v) is 2.29. The van der Waals surface area contributed by atoms with Gasteiger partial charge in [-0.3, -0.25) is 4.79 Å². The normalized spacial score (nSPS) is 14.3. The Morgan fingerprint density at radius 1 is 1.56 bits per heavy atom. The second-order valence-electron chi connectivity index (χ2n) is 4.48. The average Bonchev–Trinajstić information content (AvgIpc) is 2.63. The Morgan fingerprint density at radius 3 is 2.72 bits per heavy atom. The van der Waals surface area contributed by atoms with Crippen LogP contribution >= 0.6 is 11.8 Å². The molecular formula is C12H20N2O3S. The van der Waals surface area contributed by atoms with E-state index in [9.17, 15) is 4.79 Å². The maximum Gasteiger partial charge on any atom is 0.325 e. The van der Waals surface area contributed by atoms with Crippen LogP contribution in [0.3, 0.4) is 0 Å². The number of hydrogen-bond acceptors (Lipinski definition) is 6. The van der Waals surface area contributed by atoms with E-state index < -0.39 is 5.54 Å². The number of esters is 1. The summed E-state index contributed by atoms with van der Waals surface area (Å²) in [4.78, 5) is 15.6. The molecule has 0 amide bonds. The number of carbonyl (C=O) groups is 1. The molecule has 0 spiro atoms. The van der Waals surface area contributed by atoms with Gasteiger partial charge in [0.25, 0.3) is 5.22 Å². The minimum Gasteiger partial charge on any atom is -0.468 e. The van der Waals surface area contributed by atoms with Crippen molar-refractivity contribution >= 4 is 17.7 Å². The summed E-state index contributed by atoms with van der Waals surface area (Å²) in [5.41, 5.74) is 5.85. The highest BCUT2D eigenvalue weighted by Gasteiger charge is 2.28. The van der Waals surface area contributed by atoms with Gasteiger partial charge in [-0.2, -0.15) is 0 Å². The van der Waals surface area contributed by atoms with Crippen molar-refractivity contribution < 1.29 is 13.9 Å². The number of ether oxygens (including phenoxy) is 1. The van der Waals surface area contributed by atoms with Gasteiger partial charge in [-0.1, -0.05) is 11.8 Å². The monoisotopic (exact) mass is 272 g/mol. The lowest BCUT2D eigenvalue weighted by molar-refractivity contribution is -0.146. The molecular weight excluding hydrogens is 252 g/mol. The highest BCUT2D eigenvalue weighted by Crippen LogP contribution is 2.22. The topological polar surface area (TPSA) is 78.4 Å². The molecule has 0 fully saturated rings. The van der Waals surface area contributed by atoms with E-state index in [0.717, 1.165) is 23.6 Å². The summed E-state index contributed by atoms with van der Waals surface area (Å²) in [6, 6.07) is 0. The second-order valence-corrected chi connectivity index (χ2v) is 5.53. The number of thioether (sulfide) groups is 1. The van der Waals surface area contributed by atoms with Crippen molar-refractivity contribution in [1.82, 2.24) is 4.98 Å². The van der Waals surface area contributed by atoms with Gasteiger partial charge in [0.1, 0.15) is 11.3 Å². The summed E-state index contributed by atoms with van der Waals surface area (Å²) in [5.74, 6) is 1.27. The van der Waals surface area contributed by atoms with E-state index >= 15 is 0 Å². The Hall–Kier alpha value is -1.01. The van der Waals surface area contributed by atoms with Crippen molar-refractivity contribution in [3.8, 4) is 0 Å². The van der Waals surface area contributed by atoms with Crippen LogP contribution in [0.1, 0.15) is 31.2 Å². The molecule has 1 atom stereocenters. The molecule has 0 aliphatic rings. The Bertz CT molecular complexity index is 396. The summed E-state index contributed by atoms with van der Waals surface area (Å²) in [5, 5.41) is 0.668. The van der Waals surface area contributed by atoms with Gasteiger partial charge in [0, 0.05) is 5.75 Å². The molecule has 0 saturated heterocycles. The molecule has 0 aliphatic heterocycles. The first-order chi connectivity index (χ1) is 8.36. The SMILES string of the molecule is COC(=O)C(C)(N)CCCSc1nc(C)c(C)o1. The fraction of sp³-hybridized carbons (Fsp3) is 0.667. The van der Waals surface area contributed by atoms with Crippen LogP contribution in [0.4, 0.5) is 0 Å². The molecule has 1 aromatic heterocycles. The lowest BCUT2D eigenvalue weighted by Crippen LogP contribution is -2.45. The Balaban J connectivity index is 2.33. The molecule has 0 saturated carbocycles. The highest BCUT2D eigenvalue weighted by atomic mass is 32.2. The Labute approximate surface area is 111 Å². The Morgan fingerprint density at radius 2 is 2.22 bits per heavy atom. The van der Waals surface area contributed by atoms with Crippen molar-refractivity contribution in [2.24, 2.45) is 5.73 Å². The van der Waals surface area contributed by atoms with Gasteiger partial charge in [0.2, 0.25) is 0 Å². The molecule has 0 bridgehead atoms. The third-order valence-electron chi connectivity index (χ3n) is 2.73. The van der Waals surface area contributed by atoms with Crippen LogP contribution in [0.2, 0.25) is 0 Å². The van der Waals surface area contributed by atoms with Gasteiger partial charge in [-0.15, -0.1) is 0 Å². The van der Waals surface area contributed by atoms with Gasteiger partial charge in [0.05, 0.1) is 12.8 Å². The van der Waals surface area contributed by atoms with Gasteiger partial charge in [-0.05, 0) is 33.6 Å². The largest absolute Gasteiger partial charge is 0.468 e. The smallest absolute Gasteiger partial charge is 0.325 e. The van der Waals surface area contributed by atoms with E-state index in [2.05, 4.69) is 9.72 Å². The van der Waals surface area contributed by atoms with E-state index in [1.807, 2.05) is 13.8 Å². The zero-order valence-corrected chi connectivity index (χ0v) is 12.1. The second kappa shape index (κ2) is 6.24. The zero-order valence-electron chi connectivity index (χ0n) is 11.3. The first-order valence-corrected chi connectivity index (χ1v) is 6.79. The van der Waals surface area contributed by atoms with Crippen LogP contribution in [-0.2, 0) is 9.53 Å². The summed E-state index contributed by atoms with van der Waals surface area (Å²) in [6.07, 6.45) is 1.37. The number of nitrogens with two attached hydrogens (primary N) is 1. The standard InChI is InChI=1S/C12H20N2O3S/c1-8-9(2)17-11(14-8)18-7-5-6-12(3,13)10(15)16-4/h5-7,13H2,1-4H3. The number of aryl methyl sites for hydroxylation is 2. The van der Waals surface area contributed by atoms with Crippen molar-refractivity contribution in [3.63, 3.8) is 0 Å². The molecule has 0 aliphatic carbocycles. The van der Waals surface area contributed by atoms with Gasteiger partial charge in [-0.25, -0.2) is 4.98 Å². The summed E-state index contributed by atoms with van der Waals surface area (Å²) < 4.78 is 10.1. The molecule has 1 unspecified atom stereocenters. The molecule has 1 aromatic rings. The minimum absolute atomic E-state index is 0.379. The molecule has 18 heavy (non-hydrogen) atoms. The van der Waals surface area contributed by atoms with E-state index in [1.165, 1.54) is 18.9 Å². The van der Waals surface area contributed by atoms with Crippen LogP contribution in [0.15, 0.2) is 9.64 Å². The number of nitrogens with zero attached hydrogens (tertiary/aromatic N) is 1. The molecule has 2 N–H and O–H groups in total. The lowest BCUT2D eigenvalue weighted by atomic mass is 9.98. The van der Waals surface area contributed by atoms with Crippen LogP contribution in [0, 0.1) is 13.8 Å². The van der Waals surface area contributed by atoms with Gasteiger partial charge < -0.3 is 14.9 Å². The number of carbonyl (C=O) groups excluding carboxylic acids is 1. The quantitative estimate of drug-likeness (QED) is 0.485. The molecule has 1 heterocycles. The third kappa shape index (κ3) is 4.03. The fourth-order valence-electron chi connectivity index (χ4n) is 1.44. The van der Waals surface area contributed by atoms with Crippen molar-refractivity contribution in [3.05, 3.63) is 11.5 Å².